The average molecular weight is 379 g/mol. The molecule has 4 nitrogen and oxygen atoms in total. The molecule has 1 aromatic carbocycles. The van der Waals surface area contributed by atoms with Gasteiger partial charge in [-0.3, -0.25) is 0 Å². The van der Waals surface area contributed by atoms with Crippen LogP contribution in [0.4, 0.5) is 24.7 Å². The smallest absolute Gasteiger partial charge is 0.421 e. The molecule has 0 amide bonds. The maximum Gasteiger partial charge on any atom is 0.421 e. The van der Waals surface area contributed by atoms with Crippen LogP contribution in [-0.4, -0.2) is 23.1 Å². The van der Waals surface area contributed by atoms with E-state index in [0.29, 0.717) is 5.92 Å². The molecule has 1 aliphatic rings. The number of halogens is 3. The first-order valence-corrected chi connectivity index (χ1v) is 9.21. The van der Waals surface area contributed by atoms with Crippen LogP contribution >= 0.6 is 0 Å². The molecule has 0 bridgehead atoms. The number of hydrogen-bond acceptors (Lipinski definition) is 4. The summed E-state index contributed by atoms with van der Waals surface area (Å²) in [5.74, 6) is 0.171. The van der Waals surface area contributed by atoms with Gasteiger partial charge in [-0.1, -0.05) is 31.0 Å². The number of aromatic nitrogens is 2. The molecular weight excluding hydrogens is 355 g/mol. The second-order valence-corrected chi connectivity index (χ2v) is 7.15. The van der Waals surface area contributed by atoms with E-state index in [-0.39, 0.29) is 17.9 Å². The Morgan fingerprint density at radius 2 is 1.81 bits per heavy atom. The molecule has 0 radical (unpaired) electrons. The summed E-state index contributed by atoms with van der Waals surface area (Å²) in [6, 6.07) is 7.56. The van der Waals surface area contributed by atoms with E-state index in [2.05, 4.69) is 9.97 Å². The number of alkyl halides is 3. The van der Waals surface area contributed by atoms with E-state index in [4.69, 9.17) is 4.74 Å². The first-order chi connectivity index (χ1) is 12.8. The fraction of sp³-hybridized carbons (Fsp3) is 0.500. The number of nitrogens with zero attached hydrogens (tertiary/aromatic N) is 3. The Morgan fingerprint density at radius 3 is 2.44 bits per heavy atom. The molecule has 0 saturated heterocycles. The molecule has 0 unspecified atom stereocenters. The third-order valence-corrected chi connectivity index (χ3v) is 4.80. The van der Waals surface area contributed by atoms with Gasteiger partial charge in [0.25, 0.3) is 0 Å². The van der Waals surface area contributed by atoms with Crippen LogP contribution < -0.4 is 9.64 Å². The lowest BCUT2D eigenvalue weighted by atomic mass is 9.95. The van der Waals surface area contributed by atoms with E-state index in [1.165, 1.54) is 4.90 Å². The zero-order valence-corrected chi connectivity index (χ0v) is 15.8. The van der Waals surface area contributed by atoms with Gasteiger partial charge in [-0.25, -0.2) is 4.98 Å². The predicted octanol–water partition coefficient (Wildman–Crippen LogP) is 5.71. The Bertz CT molecular complexity index is 786. The first kappa shape index (κ1) is 19.5. The predicted molar refractivity (Wildman–Crippen MR) is 98.5 cm³/mol. The Labute approximate surface area is 157 Å². The van der Waals surface area contributed by atoms with Crippen molar-refractivity contribution in [3.8, 4) is 6.01 Å². The molecule has 7 heteroatoms. The van der Waals surface area contributed by atoms with Gasteiger partial charge in [0.05, 0.1) is 6.10 Å². The molecule has 0 spiro atoms. The van der Waals surface area contributed by atoms with Gasteiger partial charge in [-0.2, -0.15) is 18.2 Å². The van der Waals surface area contributed by atoms with Crippen molar-refractivity contribution in [1.82, 2.24) is 9.97 Å². The van der Waals surface area contributed by atoms with E-state index < -0.39 is 11.7 Å². The number of hydrogen-bond donors (Lipinski definition) is 0. The van der Waals surface area contributed by atoms with Crippen molar-refractivity contribution in [2.75, 3.05) is 11.9 Å². The monoisotopic (exact) mass is 379 g/mol. The van der Waals surface area contributed by atoms with Crippen LogP contribution in [0.2, 0.25) is 0 Å². The number of anilines is 2. The van der Waals surface area contributed by atoms with Crippen LogP contribution in [0, 0.1) is 0 Å². The lowest BCUT2D eigenvalue weighted by molar-refractivity contribution is -0.137. The standard InChI is InChI=1S/C20H24F3N3O/c1-13(2)27-19-24-12-16(20(21,22)23)18(25-19)26(3)17-11-7-6-10-15(17)14-8-4-5-9-14/h6-7,10-14H,4-5,8-9H2,1-3H3. The van der Waals surface area contributed by atoms with Gasteiger partial charge in [0.1, 0.15) is 5.56 Å². The highest BCUT2D eigenvalue weighted by Gasteiger charge is 2.37. The van der Waals surface area contributed by atoms with E-state index in [1.54, 1.807) is 20.9 Å². The second-order valence-electron chi connectivity index (χ2n) is 7.15. The summed E-state index contributed by atoms with van der Waals surface area (Å²) in [6.07, 6.45) is 0.431. The van der Waals surface area contributed by atoms with Crippen LogP contribution in [0.15, 0.2) is 30.5 Å². The molecule has 1 heterocycles. The fourth-order valence-electron chi connectivity index (χ4n) is 3.57. The minimum atomic E-state index is -4.55. The third-order valence-electron chi connectivity index (χ3n) is 4.80. The van der Waals surface area contributed by atoms with Gasteiger partial charge in [-0.15, -0.1) is 0 Å². The molecule has 1 saturated carbocycles. The molecule has 0 N–H and O–H groups in total. The van der Waals surface area contributed by atoms with E-state index in [9.17, 15) is 13.2 Å². The summed E-state index contributed by atoms with van der Waals surface area (Å²) in [5, 5.41) is 0. The average Bonchev–Trinajstić information content (AvgIpc) is 3.14. The number of benzene rings is 1. The summed E-state index contributed by atoms with van der Waals surface area (Å²) >= 11 is 0. The van der Waals surface area contributed by atoms with Crippen LogP contribution in [0.5, 0.6) is 6.01 Å². The molecule has 146 valence electrons. The van der Waals surface area contributed by atoms with Crippen molar-refractivity contribution in [2.45, 2.75) is 57.7 Å². The summed E-state index contributed by atoms with van der Waals surface area (Å²) < 4.78 is 46.1. The normalized spacial score (nSPS) is 15.4. The summed E-state index contributed by atoms with van der Waals surface area (Å²) in [4.78, 5) is 9.34. The number of para-hydroxylation sites is 1. The number of ether oxygens (including phenoxy) is 1. The Hall–Kier alpha value is -2.31. The second kappa shape index (κ2) is 7.74. The van der Waals surface area contributed by atoms with Crippen LogP contribution in [-0.2, 0) is 6.18 Å². The molecular formula is C20H24F3N3O. The van der Waals surface area contributed by atoms with Gasteiger partial charge in [0.2, 0.25) is 0 Å². The first-order valence-electron chi connectivity index (χ1n) is 9.21. The molecule has 1 aromatic heterocycles. The maximum atomic E-state index is 13.6. The van der Waals surface area contributed by atoms with Gasteiger partial charge in [0.15, 0.2) is 5.82 Å². The Morgan fingerprint density at radius 1 is 1.15 bits per heavy atom. The highest BCUT2D eigenvalue weighted by atomic mass is 19.4. The van der Waals surface area contributed by atoms with Gasteiger partial charge >= 0.3 is 12.2 Å². The lowest BCUT2D eigenvalue weighted by Crippen LogP contribution is -2.21. The van der Waals surface area contributed by atoms with Crippen molar-refractivity contribution in [3.05, 3.63) is 41.6 Å². The lowest BCUT2D eigenvalue weighted by Gasteiger charge is -2.26. The largest absolute Gasteiger partial charge is 0.461 e. The molecule has 2 aromatic rings. The molecule has 1 fully saturated rings. The highest BCUT2D eigenvalue weighted by molar-refractivity contribution is 5.66. The highest BCUT2D eigenvalue weighted by Crippen LogP contribution is 2.42. The van der Waals surface area contributed by atoms with Crippen LogP contribution in [0.3, 0.4) is 0 Å². The molecule has 27 heavy (non-hydrogen) atoms. The third kappa shape index (κ3) is 4.34. The molecule has 0 aliphatic heterocycles. The van der Waals surface area contributed by atoms with Crippen molar-refractivity contribution < 1.29 is 17.9 Å². The SMILES string of the molecule is CC(C)Oc1ncc(C(F)(F)F)c(N(C)c2ccccc2C2CCCC2)n1. The number of rotatable bonds is 5. The van der Waals surface area contributed by atoms with Crippen molar-refractivity contribution in [3.63, 3.8) is 0 Å². The van der Waals surface area contributed by atoms with E-state index in [0.717, 1.165) is 43.1 Å². The molecule has 0 atom stereocenters. The summed E-state index contributed by atoms with van der Waals surface area (Å²) in [6.45, 7) is 3.56. The molecule has 3 rings (SSSR count). The van der Waals surface area contributed by atoms with Crippen LogP contribution in [0.1, 0.15) is 56.6 Å². The van der Waals surface area contributed by atoms with Gasteiger partial charge < -0.3 is 9.64 Å². The zero-order valence-electron chi connectivity index (χ0n) is 15.8. The van der Waals surface area contributed by atoms with Crippen LogP contribution in [0.25, 0.3) is 0 Å². The molecule has 1 aliphatic carbocycles. The van der Waals surface area contributed by atoms with E-state index in [1.807, 2.05) is 24.3 Å². The topological polar surface area (TPSA) is 38.2 Å². The van der Waals surface area contributed by atoms with E-state index >= 15 is 0 Å². The van der Waals surface area contributed by atoms with Crippen molar-refractivity contribution in [1.29, 1.82) is 0 Å². The summed E-state index contributed by atoms with van der Waals surface area (Å²) in [7, 11) is 1.62. The Kier molecular flexibility index (Phi) is 5.58. The maximum absolute atomic E-state index is 13.6. The Balaban J connectivity index is 2.06. The quantitative estimate of drug-likeness (QED) is 0.667. The van der Waals surface area contributed by atoms with Crippen molar-refractivity contribution >= 4 is 11.5 Å². The fourth-order valence-corrected chi connectivity index (χ4v) is 3.57. The zero-order chi connectivity index (χ0) is 19.6. The summed E-state index contributed by atoms with van der Waals surface area (Å²) in [5.41, 5.74) is 0.932. The minimum Gasteiger partial charge on any atom is -0.461 e. The van der Waals surface area contributed by atoms with Gasteiger partial charge in [-0.05, 0) is 44.2 Å². The van der Waals surface area contributed by atoms with Gasteiger partial charge in [0, 0.05) is 18.9 Å². The minimum absolute atomic E-state index is 0.0572. The van der Waals surface area contributed by atoms with Crippen molar-refractivity contribution in [2.24, 2.45) is 0 Å².